The fourth-order valence-corrected chi connectivity index (χ4v) is 2.90. The molecule has 3 heteroatoms. The topological polar surface area (TPSA) is 17.1 Å². The van der Waals surface area contributed by atoms with Gasteiger partial charge < -0.3 is 0 Å². The van der Waals surface area contributed by atoms with Gasteiger partial charge in [-0.25, -0.2) is 8.78 Å². The van der Waals surface area contributed by atoms with E-state index in [0.29, 0.717) is 0 Å². The van der Waals surface area contributed by atoms with Crippen molar-refractivity contribution in [1.29, 1.82) is 0 Å². The summed E-state index contributed by atoms with van der Waals surface area (Å²) in [7, 11) is 0. The van der Waals surface area contributed by atoms with E-state index in [1.54, 1.807) is 0 Å². The van der Waals surface area contributed by atoms with Crippen LogP contribution in [-0.4, -0.2) is 5.78 Å². The van der Waals surface area contributed by atoms with Crippen molar-refractivity contribution in [2.24, 2.45) is 11.8 Å². The zero-order chi connectivity index (χ0) is 13.8. The van der Waals surface area contributed by atoms with Gasteiger partial charge in [-0.05, 0) is 55.4 Å². The summed E-state index contributed by atoms with van der Waals surface area (Å²) in [6.07, 6.45) is 5.14. The molecule has 2 rings (SSSR count). The number of ketones is 1. The van der Waals surface area contributed by atoms with E-state index in [9.17, 15) is 13.6 Å². The zero-order valence-corrected chi connectivity index (χ0v) is 11.3. The Hall–Kier alpha value is -1.25. The van der Waals surface area contributed by atoms with Crippen molar-refractivity contribution < 1.29 is 13.6 Å². The predicted molar refractivity (Wildman–Crippen MR) is 70.8 cm³/mol. The predicted octanol–water partition coefficient (Wildman–Crippen LogP) is 4.29. The molecule has 104 valence electrons. The van der Waals surface area contributed by atoms with Gasteiger partial charge in [0.2, 0.25) is 0 Å². The number of rotatable bonds is 4. The molecule has 0 aliphatic heterocycles. The van der Waals surface area contributed by atoms with E-state index in [0.717, 1.165) is 49.8 Å². The highest BCUT2D eigenvalue weighted by molar-refractivity contribution is 5.83. The van der Waals surface area contributed by atoms with Gasteiger partial charge in [-0.15, -0.1) is 0 Å². The molecule has 1 aromatic carbocycles. The van der Waals surface area contributed by atoms with Gasteiger partial charge in [0.15, 0.2) is 0 Å². The molecule has 0 spiro atoms. The number of carbonyl (C=O) groups is 1. The van der Waals surface area contributed by atoms with Gasteiger partial charge in [0, 0.05) is 12.3 Å². The van der Waals surface area contributed by atoms with Gasteiger partial charge in [0.1, 0.15) is 17.4 Å². The standard InChI is InChI=1S/C16H20F2O/c1-2-11-3-5-12(6-4-11)16(19)10-13-9-14(17)7-8-15(13)18/h7-9,11-12H,2-6,10H2,1H3. The first-order chi connectivity index (χ1) is 9.10. The lowest BCUT2D eigenvalue weighted by molar-refractivity contribution is -0.123. The summed E-state index contributed by atoms with van der Waals surface area (Å²) < 4.78 is 26.6. The maximum absolute atomic E-state index is 13.5. The van der Waals surface area contributed by atoms with Crippen LogP contribution in [0.15, 0.2) is 18.2 Å². The highest BCUT2D eigenvalue weighted by Crippen LogP contribution is 2.31. The quantitative estimate of drug-likeness (QED) is 0.794. The molecule has 1 fully saturated rings. The van der Waals surface area contributed by atoms with Crippen LogP contribution in [0.3, 0.4) is 0 Å². The molecule has 0 atom stereocenters. The molecule has 0 heterocycles. The summed E-state index contributed by atoms with van der Waals surface area (Å²) >= 11 is 0. The molecule has 1 saturated carbocycles. The lowest BCUT2D eigenvalue weighted by atomic mass is 9.78. The molecule has 19 heavy (non-hydrogen) atoms. The molecule has 1 aliphatic carbocycles. The van der Waals surface area contributed by atoms with Crippen molar-refractivity contribution in [3.05, 3.63) is 35.4 Å². The van der Waals surface area contributed by atoms with Crippen LogP contribution in [-0.2, 0) is 11.2 Å². The Balaban J connectivity index is 1.96. The highest BCUT2D eigenvalue weighted by atomic mass is 19.1. The van der Waals surface area contributed by atoms with Crippen molar-refractivity contribution >= 4 is 5.78 Å². The van der Waals surface area contributed by atoms with Crippen molar-refractivity contribution in [3.8, 4) is 0 Å². The Labute approximate surface area is 113 Å². The summed E-state index contributed by atoms with van der Waals surface area (Å²) in [4.78, 5) is 12.1. The summed E-state index contributed by atoms with van der Waals surface area (Å²) in [5, 5.41) is 0. The number of halogens is 2. The Morgan fingerprint density at radius 2 is 1.89 bits per heavy atom. The van der Waals surface area contributed by atoms with Crippen LogP contribution in [0.4, 0.5) is 8.78 Å². The van der Waals surface area contributed by atoms with E-state index in [2.05, 4.69) is 6.92 Å². The Morgan fingerprint density at radius 1 is 1.21 bits per heavy atom. The second-order valence-corrected chi connectivity index (χ2v) is 5.50. The van der Waals surface area contributed by atoms with Gasteiger partial charge in [-0.3, -0.25) is 4.79 Å². The van der Waals surface area contributed by atoms with E-state index in [1.807, 2.05) is 0 Å². The van der Waals surface area contributed by atoms with Gasteiger partial charge >= 0.3 is 0 Å². The SMILES string of the molecule is CCC1CCC(C(=O)Cc2cc(F)ccc2F)CC1. The summed E-state index contributed by atoms with van der Waals surface area (Å²) in [6, 6.07) is 3.30. The fraction of sp³-hybridized carbons (Fsp3) is 0.562. The lowest BCUT2D eigenvalue weighted by Crippen LogP contribution is -2.23. The van der Waals surface area contributed by atoms with Crippen LogP contribution in [0.2, 0.25) is 0 Å². The maximum atomic E-state index is 13.5. The van der Waals surface area contributed by atoms with Gasteiger partial charge in [0.05, 0.1) is 0 Å². The summed E-state index contributed by atoms with van der Waals surface area (Å²) in [6.45, 7) is 2.18. The average Bonchev–Trinajstić information content (AvgIpc) is 2.43. The average molecular weight is 266 g/mol. The second kappa shape index (κ2) is 6.27. The third-order valence-corrected chi connectivity index (χ3v) is 4.25. The number of benzene rings is 1. The monoisotopic (exact) mass is 266 g/mol. The molecular weight excluding hydrogens is 246 g/mol. The van der Waals surface area contributed by atoms with Crippen LogP contribution in [0.1, 0.15) is 44.6 Å². The third kappa shape index (κ3) is 3.62. The fourth-order valence-electron chi connectivity index (χ4n) is 2.90. The third-order valence-electron chi connectivity index (χ3n) is 4.25. The first kappa shape index (κ1) is 14.2. The number of Topliss-reactive ketones (excluding diaryl/α,β-unsaturated/α-hetero) is 1. The first-order valence-corrected chi connectivity index (χ1v) is 7.06. The Bertz CT molecular complexity index is 448. The molecule has 0 saturated heterocycles. The van der Waals surface area contributed by atoms with E-state index < -0.39 is 11.6 Å². The van der Waals surface area contributed by atoms with Crippen molar-refractivity contribution in [1.82, 2.24) is 0 Å². The van der Waals surface area contributed by atoms with E-state index >= 15 is 0 Å². The molecule has 1 nitrogen and oxygen atoms in total. The summed E-state index contributed by atoms with van der Waals surface area (Å²) in [5.41, 5.74) is 0.183. The van der Waals surface area contributed by atoms with Crippen LogP contribution >= 0.6 is 0 Å². The largest absolute Gasteiger partial charge is 0.299 e. The molecule has 1 aromatic rings. The first-order valence-electron chi connectivity index (χ1n) is 7.06. The minimum atomic E-state index is -0.489. The van der Waals surface area contributed by atoms with Crippen LogP contribution < -0.4 is 0 Å². The second-order valence-electron chi connectivity index (χ2n) is 5.50. The lowest BCUT2D eigenvalue weighted by Gasteiger charge is -2.26. The Morgan fingerprint density at radius 3 is 2.53 bits per heavy atom. The van der Waals surface area contributed by atoms with Crippen molar-refractivity contribution in [2.75, 3.05) is 0 Å². The molecule has 0 aromatic heterocycles. The van der Waals surface area contributed by atoms with Crippen LogP contribution in [0, 0.1) is 23.5 Å². The molecular formula is C16H20F2O. The molecule has 1 aliphatic rings. The van der Waals surface area contributed by atoms with Crippen molar-refractivity contribution in [2.45, 2.75) is 45.4 Å². The Kier molecular flexibility index (Phi) is 4.67. The number of carbonyl (C=O) groups excluding carboxylic acids is 1. The van der Waals surface area contributed by atoms with Gasteiger partial charge in [-0.2, -0.15) is 0 Å². The van der Waals surface area contributed by atoms with E-state index in [1.165, 1.54) is 6.42 Å². The molecule has 0 bridgehead atoms. The van der Waals surface area contributed by atoms with Gasteiger partial charge in [-0.1, -0.05) is 13.3 Å². The normalized spacial score (nSPS) is 23.3. The molecule has 0 amide bonds. The number of hydrogen-bond donors (Lipinski definition) is 0. The van der Waals surface area contributed by atoms with Crippen LogP contribution in [0.5, 0.6) is 0 Å². The summed E-state index contributed by atoms with van der Waals surface area (Å²) in [5.74, 6) is -0.157. The molecule has 0 radical (unpaired) electrons. The van der Waals surface area contributed by atoms with Crippen LogP contribution in [0.25, 0.3) is 0 Å². The minimum absolute atomic E-state index is 0.0189. The molecule has 0 unspecified atom stereocenters. The number of hydrogen-bond acceptors (Lipinski definition) is 1. The molecule has 0 N–H and O–H groups in total. The van der Waals surface area contributed by atoms with Gasteiger partial charge in [0.25, 0.3) is 0 Å². The minimum Gasteiger partial charge on any atom is -0.299 e. The highest BCUT2D eigenvalue weighted by Gasteiger charge is 2.25. The zero-order valence-electron chi connectivity index (χ0n) is 11.3. The van der Waals surface area contributed by atoms with E-state index in [4.69, 9.17) is 0 Å². The smallest absolute Gasteiger partial charge is 0.140 e. The van der Waals surface area contributed by atoms with Crippen molar-refractivity contribution in [3.63, 3.8) is 0 Å². The maximum Gasteiger partial charge on any atom is 0.140 e. The van der Waals surface area contributed by atoms with E-state index in [-0.39, 0.29) is 23.7 Å².